The van der Waals surface area contributed by atoms with Crippen LogP contribution in [0.25, 0.3) is 0 Å². The Morgan fingerprint density at radius 2 is 1.95 bits per heavy atom. The average molecular weight is 261 g/mol. The van der Waals surface area contributed by atoms with Gasteiger partial charge < -0.3 is 14.6 Å². The molecule has 1 fully saturated rings. The third-order valence-corrected chi connectivity index (χ3v) is 3.97. The van der Waals surface area contributed by atoms with Gasteiger partial charge in [-0.05, 0) is 18.9 Å². The second-order valence-electron chi connectivity index (χ2n) is 4.96. The minimum atomic E-state index is -0.843. The minimum absolute atomic E-state index is 0.513. The van der Waals surface area contributed by atoms with Crippen LogP contribution in [-0.4, -0.2) is 19.3 Å². The minimum Gasteiger partial charge on any atom is -0.493 e. The van der Waals surface area contributed by atoms with E-state index in [0.29, 0.717) is 17.1 Å². The summed E-state index contributed by atoms with van der Waals surface area (Å²) < 4.78 is 10.6. The van der Waals surface area contributed by atoms with E-state index in [4.69, 9.17) is 9.47 Å². The molecule has 2 rings (SSSR count). The van der Waals surface area contributed by atoms with E-state index in [2.05, 4.69) is 6.07 Å². The molecule has 0 saturated heterocycles. The number of aliphatic hydroxyl groups is 1. The van der Waals surface area contributed by atoms with Crippen LogP contribution < -0.4 is 9.47 Å². The van der Waals surface area contributed by atoms with E-state index in [1.807, 2.05) is 0 Å². The van der Waals surface area contributed by atoms with E-state index in [0.717, 1.165) is 25.7 Å². The number of aliphatic hydroxyl groups excluding tert-OH is 1. The first-order chi connectivity index (χ1) is 9.18. The topological polar surface area (TPSA) is 62.5 Å². The Morgan fingerprint density at radius 3 is 2.47 bits per heavy atom. The maximum Gasteiger partial charge on any atom is 0.166 e. The molecule has 1 aromatic carbocycles. The fourth-order valence-electron chi connectivity index (χ4n) is 2.88. The molecule has 4 nitrogen and oxygen atoms in total. The second-order valence-corrected chi connectivity index (χ2v) is 4.96. The average Bonchev–Trinajstić information content (AvgIpc) is 2.95. The quantitative estimate of drug-likeness (QED) is 0.905. The van der Waals surface area contributed by atoms with Crippen molar-refractivity contribution in [2.24, 2.45) is 5.41 Å². The number of ether oxygens (including phenoxy) is 2. The van der Waals surface area contributed by atoms with Gasteiger partial charge in [-0.3, -0.25) is 0 Å². The van der Waals surface area contributed by atoms with E-state index in [-0.39, 0.29) is 0 Å². The zero-order valence-electron chi connectivity index (χ0n) is 11.3. The Kier molecular flexibility index (Phi) is 3.96. The highest BCUT2D eigenvalue weighted by molar-refractivity contribution is 5.48. The summed E-state index contributed by atoms with van der Waals surface area (Å²) in [6, 6.07) is 7.70. The molecule has 1 saturated carbocycles. The van der Waals surface area contributed by atoms with Crippen LogP contribution in [0.1, 0.15) is 37.4 Å². The van der Waals surface area contributed by atoms with Crippen molar-refractivity contribution in [2.75, 3.05) is 14.2 Å². The molecule has 1 aromatic rings. The molecule has 4 heteroatoms. The van der Waals surface area contributed by atoms with E-state index >= 15 is 0 Å². The Balaban J connectivity index is 2.44. The van der Waals surface area contributed by atoms with Crippen molar-refractivity contribution < 1.29 is 14.6 Å². The van der Waals surface area contributed by atoms with Crippen LogP contribution in [0, 0.1) is 16.7 Å². The molecule has 0 radical (unpaired) electrons. The van der Waals surface area contributed by atoms with Crippen LogP contribution in [0.4, 0.5) is 0 Å². The molecular weight excluding hydrogens is 242 g/mol. The monoisotopic (exact) mass is 261 g/mol. The summed E-state index contributed by atoms with van der Waals surface area (Å²) in [6.45, 7) is 0. The maximum absolute atomic E-state index is 10.6. The first-order valence-electron chi connectivity index (χ1n) is 6.49. The summed E-state index contributed by atoms with van der Waals surface area (Å²) in [7, 11) is 3.10. The number of nitriles is 1. The van der Waals surface area contributed by atoms with Crippen molar-refractivity contribution in [3.8, 4) is 17.6 Å². The number of para-hydroxylation sites is 1. The first kappa shape index (κ1) is 13.7. The number of methoxy groups -OCH3 is 2. The van der Waals surface area contributed by atoms with Crippen LogP contribution >= 0.6 is 0 Å². The van der Waals surface area contributed by atoms with Crippen molar-refractivity contribution in [2.45, 2.75) is 31.8 Å². The molecule has 1 N–H and O–H groups in total. The maximum atomic E-state index is 10.6. The van der Waals surface area contributed by atoms with Crippen LogP contribution in [0.15, 0.2) is 18.2 Å². The summed E-state index contributed by atoms with van der Waals surface area (Å²) in [5, 5.41) is 20.1. The van der Waals surface area contributed by atoms with Gasteiger partial charge >= 0.3 is 0 Å². The predicted molar refractivity (Wildman–Crippen MR) is 71.0 cm³/mol. The summed E-state index contributed by atoms with van der Waals surface area (Å²) in [4.78, 5) is 0. The molecule has 0 amide bonds. The molecular formula is C15H19NO3. The Bertz CT molecular complexity index is 487. The largest absolute Gasteiger partial charge is 0.493 e. The van der Waals surface area contributed by atoms with Gasteiger partial charge in [0.2, 0.25) is 0 Å². The molecule has 1 aliphatic rings. The van der Waals surface area contributed by atoms with Gasteiger partial charge in [-0.1, -0.05) is 25.0 Å². The third kappa shape index (κ3) is 2.26. The molecule has 0 spiro atoms. The normalized spacial score (nSPS) is 18.6. The molecule has 19 heavy (non-hydrogen) atoms. The highest BCUT2D eigenvalue weighted by Gasteiger charge is 2.43. The number of rotatable bonds is 4. The molecule has 0 aromatic heterocycles. The fraction of sp³-hybridized carbons (Fsp3) is 0.533. The van der Waals surface area contributed by atoms with Crippen molar-refractivity contribution in [3.05, 3.63) is 23.8 Å². The van der Waals surface area contributed by atoms with Gasteiger partial charge in [-0.25, -0.2) is 0 Å². The molecule has 0 heterocycles. The van der Waals surface area contributed by atoms with Gasteiger partial charge in [-0.15, -0.1) is 0 Å². The SMILES string of the molecule is COc1cccc(C(O)C2(C#N)CCCC2)c1OC. The highest BCUT2D eigenvalue weighted by atomic mass is 16.5. The lowest BCUT2D eigenvalue weighted by atomic mass is 9.78. The number of hydrogen-bond donors (Lipinski definition) is 1. The lowest BCUT2D eigenvalue weighted by molar-refractivity contribution is 0.0644. The lowest BCUT2D eigenvalue weighted by Gasteiger charge is -2.28. The van der Waals surface area contributed by atoms with Crippen LogP contribution in [0.2, 0.25) is 0 Å². The Hall–Kier alpha value is -1.73. The van der Waals surface area contributed by atoms with Gasteiger partial charge in [0, 0.05) is 5.56 Å². The molecule has 1 unspecified atom stereocenters. The molecule has 0 bridgehead atoms. The Labute approximate surface area is 113 Å². The molecule has 0 aliphatic heterocycles. The van der Waals surface area contributed by atoms with Gasteiger partial charge in [0.25, 0.3) is 0 Å². The van der Waals surface area contributed by atoms with E-state index in [9.17, 15) is 10.4 Å². The lowest BCUT2D eigenvalue weighted by Crippen LogP contribution is -2.24. The predicted octanol–water partition coefficient (Wildman–Crippen LogP) is 2.82. The number of nitrogens with zero attached hydrogens (tertiary/aromatic N) is 1. The van der Waals surface area contributed by atoms with Crippen LogP contribution in [-0.2, 0) is 0 Å². The first-order valence-corrected chi connectivity index (χ1v) is 6.49. The fourth-order valence-corrected chi connectivity index (χ4v) is 2.88. The summed E-state index contributed by atoms with van der Waals surface area (Å²) in [5.41, 5.74) is -0.0649. The smallest absolute Gasteiger partial charge is 0.166 e. The summed E-state index contributed by atoms with van der Waals surface area (Å²) >= 11 is 0. The molecule has 102 valence electrons. The van der Waals surface area contributed by atoms with Crippen LogP contribution in [0.3, 0.4) is 0 Å². The Morgan fingerprint density at radius 1 is 1.26 bits per heavy atom. The van der Waals surface area contributed by atoms with E-state index in [1.54, 1.807) is 32.4 Å². The standard InChI is InChI=1S/C15H19NO3/c1-18-12-7-5-6-11(13(12)19-2)14(17)15(10-16)8-3-4-9-15/h5-7,14,17H,3-4,8-9H2,1-2H3. The van der Waals surface area contributed by atoms with Gasteiger partial charge in [-0.2, -0.15) is 5.26 Å². The third-order valence-electron chi connectivity index (χ3n) is 3.97. The van der Waals surface area contributed by atoms with Crippen molar-refractivity contribution in [1.82, 2.24) is 0 Å². The zero-order valence-corrected chi connectivity index (χ0v) is 11.3. The van der Waals surface area contributed by atoms with Crippen LogP contribution in [0.5, 0.6) is 11.5 Å². The number of hydrogen-bond acceptors (Lipinski definition) is 4. The van der Waals surface area contributed by atoms with E-state index in [1.165, 1.54) is 0 Å². The van der Waals surface area contributed by atoms with Gasteiger partial charge in [0.05, 0.1) is 25.7 Å². The summed E-state index contributed by atoms with van der Waals surface area (Å²) in [6.07, 6.45) is 2.58. The van der Waals surface area contributed by atoms with Gasteiger partial charge in [0.1, 0.15) is 6.10 Å². The zero-order chi connectivity index (χ0) is 13.9. The molecule has 1 aliphatic carbocycles. The van der Waals surface area contributed by atoms with Crippen molar-refractivity contribution >= 4 is 0 Å². The summed E-state index contributed by atoms with van der Waals surface area (Å²) in [5.74, 6) is 1.09. The van der Waals surface area contributed by atoms with E-state index < -0.39 is 11.5 Å². The van der Waals surface area contributed by atoms with Gasteiger partial charge in [0.15, 0.2) is 11.5 Å². The molecule has 1 atom stereocenters. The highest BCUT2D eigenvalue weighted by Crippen LogP contribution is 2.50. The number of benzene rings is 1. The second kappa shape index (κ2) is 5.50. The van der Waals surface area contributed by atoms with Crippen molar-refractivity contribution in [3.63, 3.8) is 0 Å². The van der Waals surface area contributed by atoms with Crippen molar-refractivity contribution in [1.29, 1.82) is 5.26 Å².